The number of aromatic nitrogens is 1. The van der Waals surface area contributed by atoms with Crippen LogP contribution in [0.2, 0.25) is 0 Å². The third-order valence-corrected chi connectivity index (χ3v) is 6.19. The van der Waals surface area contributed by atoms with E-state index in [-0.39, 0.29) is 18.3 Å². The average Bonchev–Trinajstić information content (AvgIpc) is 3.45. The molecule has 1 amide bonds. The van der Waals surface area contributed by atoms with Gasteiger partial charge in [0.25, 0.3) is 5.91 Å². The second-order valence-corrected chi connectivity index (χ2v) is 8.32. The van der Waals surface area contributed by atoms with Crippen LogP contribution in [0, 0.1) is 26.7 Å². The molecule has 1 N–H and O–H groups in total. The second-order valence-electron chi connectivity index (χ2n) is 8.32. The van der Waals surface area contributed by atoms with E-state index in [0.717, 1.165) is 61.0 Å². The molecule has 0 spiro atoms. The number of hydrogen-bond acceptors (Lipinski definition) is 2. The van der Waals surface area contributed by atoms with Crippen molar-refractivity contribution < 1.29 is 4.79 Å². The van der Waals surface area contributed by atoms with Gasteiger partial charge in [-0.1, -0.05) is 18.2 Å². The van der Waals surface area contributed by atoms with E-state index in [2.05, 4.69) is 61.0 Å². The van der Waals surface area contributed by atoms with E-state index in [0.29, 0.717) is 6.04 Å². The van der Waals surface area contributed by atoms with Crippen LogP contribution in [-0.4, -0.2) is 41.1 Å². The number of amides is 1. The minimum Gasteiger partial charge on any atom is -0.338 e. The molecule has 4 rings (SSSR count). The fraction of sp³-hybridized carbons (Fsp3) is 0.522. The van der Waals surface area contributed by atoms with Crippen LogP contribution in [0.3, 0.4) is 0 Å². The summed E-state index contributed by atoms with van der Waals surface area (Å²) in [7, 11) is 0. The Hall–Kier alpha value is -1.78. The first-order valence-corrected chi connectivity index (χ1v) is 10.3. The number of piperidine rings is 1. The molecule has 0 radical (unpaired) electrons. The summed E-state index contributed by atoms with van der Waals surface area (Å²) in [6.07, 6.45) is 4.91. The van der Waals surface area contributed by atoms with Crippen LogP contribution in [0.25, 0.3) is 5.69 Å². The summed E-state index contributed by atoms with van der Waals surface area (Å²) < 4.78 is 2.21. The highest BCUT2D eigenvalue weighted by Crippen LogP contribution is 2.28. The first kappa shape index (κ1) is 20.9. The van der Waals surface area contributed by atoms with Crippen molar-refractivity contribution in [2.24, 2.45) is 5.92 Å². The number of para-hydroxylation sites is 1. The monoisotopic (exact) mass is 401 g/mol. The molecule has 4 nitrogen and oxygen atoms in total. The smallest absolute Gasteiger partial charge is 0.255 e. The Labute approximate surface area is 174 Å². The molecule has 1 aromatic heterocycles. The van der Waals surface area contributed by atoms with E-state index >= 15 is 0 Å². The Morgan fingerprint density at radius 1 is 1.07 bits per heavy atom. The molecule has 0 atom stereocenters. The normalized spacial score (nSPS) is 17.5. The molecule has 1 aromatic carbocycles. The lowest BCUT2D eigenvalue weighted by atomic mass is 10.0. The molecule has 2 aliphatic rings. The van der Waals surface area contributed by atoms with Gasteiger partial charge in [-0.15, -0.1) is 12.4 Å². The lowest BCUT2D eigenvalue weighted by Crippen LogP contribution is -2.45. The van der Waals surface area contributed by atoms with Crippen LogP contribution in [0.5, 0.6) is 0 Å². The van der Waals surface area contributed by atoms with Crippen LogP contribution in [0.1, 0.15) is 53.0 Å². The average molecular weight is 402 g/mol. The number of hydrogen-bond donors (Lipinski definition) is 1. The standard InChI is InChI=1S/C23H31N3O.ClH/c1-16-6-4-5-7-22(16)26-17(2)14-21(18(26)3)23(27)25-12-10-20(11-13-25)24-15-19-8-9-19;/h4-7,14,19-20,24H,8-13,15H2,1-3H3;1H. The van der Waals surface area contributed by atoms with Crippen LogP contribution >= 0.6 is 12.4 Å². The van der Waals surface area contributed by atoms with Crippen molar-refractivity contribution in [1.82, 2.24) is 14.8 Å². The molecular formula is C23H32ClN3O. The number of halogens is 1. The zero-order valence-corrected chi connectivity index (χ0v) is 18.0. The highest BCUT2D eigenvalue weighted by molar-refractivity contribution is 5.96. The number of rotatable bonds is 5. The van der Waals surface area contributed by atoms with Gasteiger partial charge in [0, 0.05) is 36.2 Å². The molecule has 1 aliphatic heterocycles. The second kappa shape index (κ2) is 8.71. The van der Waals surface area contributed by atoms with Gasteiger partial charge in [0.15, 0.2) is 0 Å². The van der Waals surface area contributed by atoms with E-state index in [9.17, 15) is 4.79 Å². The Balaban J connectivity index is 0.00000225. The van der Waals surface area contributed by atoms with E-state index < -0.39 is 0 Å². The van der Waals surface area contributed by atoms with Gasteiger partial charge in [0.1, 0.15) is 0 Å². The number of likely N-dealkylation sites (tertiary alicyclic amines) is 1. The zero-order chi connectivity index (χ0) is 19.0. The maximum absolute atomic E-state index is 13.2. The maximum atomic E-state index is 13.2. The summed E-state index contributed by atoms with van der Waals surface area (Å²) >= 11 is 0. The summed E-state index contributed by atoms with van der Waals surface area (Å²) in [5.41, 5.74) is 5.39. The first-order chi connectivity index (χ1) is 13.0. The maximum Gasteiger partial charge on any atom is 0.255 e. The van der Waals surface area contributed by atoms with Crippen molar-refractivity contribution in [2.75, 3.05) is 19.6 Å². The quantitative estimate of drug-likeness (QED) is 0.804. The molecule has 5 heteroatoms. The summed E-state index contributed by atoms with van der Waals surface area (Å²) in [5.74, 6) is 1.10. The van der Waals surface area contributed by atoms with Crippen molar-refractivity contribution in [3.63, 3.8) is 0 Å². The number of carbonyl (C=O) groups excluding carboxylic acids is 1. The molecule has 28 heavy (non-hydrogen) atoms. The fourth-order valence-electron chi connectivity index (χ4n) is 4.28. The molecule has 1 aliphatic carbocycles. The summed E-state index contributed by atoms with van der Waals surface area (Å²) in [5, 5.41) is 3.69. The zero-order valence-electron chi connectivity index (χ0n) is 17.2. The summed E-state index contributed by atoms with van der Waals surface area (Å²) in [6, 6.07) is 11.0. The predicted molar refractivity (Wildman–Crippen MR) is 117 cm³/mol. The molecule has 0 unspecified atom stereocenters. The van der Waals surface area contributed by atoms with E-state index in [1.165, 1.54) is 18.4 Å². The van der Waals surface area contributed by atoms with Crippen molar-refractivity contribution in [3.8, 4) is 5.69 Å². The van der Waals surface area contributed by atoms with E-state index in [1.54, 1.807) is 0 Å². The molecule has 1 saturated heterocycles. The molecule has 2 heterocycles. The van der Waals surface area contributed by atoms with Crippen LogP contribution in [-0.2, 0) is 0 Å². The molecule has 2 fully saturated rings. The van der Waals surface area contributed by atoms with Gasteiger partial charge in [0.05, 0.1) is 5.56 Å². The molecule has 152 valence electrons. The topological polar surface area (TPSA) is 37.3 Å². The van der Waals surface area contributed by atoms with Gasteiger partial charge in [-0.25, -0.2) is 0 Å². The number of nitrogens with one attached hydrogen (secondary N) is 1. The largest absolute Gasteiger partial charge is 0.338 e. The minimum absolute atomic E-state index is 0. The lowest BCUT2D eigenvalue weighted by Gasteiger charge is -2.32. The van der Waals surface area contributed by atoms with Crippen LogP contribution in [0.4, 0.5) is 0 Å². The number of aryl methyl sites for hydroxylation is 2. The molecule has 0 bridgehead atoms. The van der Waals surface area contributed by atoms with Gasteiger partial charge in [0.2, 0.25) is 0 Å². The minimum atomic E-state index is 0. The van der Waals surface area contributed by atoms with Gasteiger partial charge in [-0.05, 0) is 76.6 Å². The van der Waals surface area contributed by atoms with Gasteiger partial charge < -0.3 is 14.8 Å². The highest BCUT2D eigenvalue weighted by atomic mass is 35.5. The first-order valence-electron chi connectivity index (χ1n) is 10.3. The predicted octanol–water partition coefficient (Wildman–Crippen LogP) is 4.43. The van der Waals surface area contributed by atoms with Gasteiger partial charge >= 0.3 is 0 Å². The summed E-state index contributed by atoms with van der Waals surface area (Å²) in [6.45, 7) is 9.15. The van der Waals surface area contributed by atoms with E-state index in [4.69, 9.17) is 0 Å². The van der Waals surface area contributed by atoms with Crippen molar-refractivity contribution in [1.29, 1.82) is 0 Å². The van der Waals surface area contributed by atoms with Crippen LogP contribution < -0.4 is 5.32 Å². The van der Waals surface area contributed by atoms with E-state index in [1.807, 2.05) is 4.90 Å². The van der Waals surface area contributed by atoms with Gasteiger partial charge in [-0.2, -0.15) is 0 Å². The highest BCUT2D eigenvalue weighted by Gasteiger charge is 2.28. The SMILES string of the molecule is Cc1ccccc1-n1c(C)cc(C(=O)N2CCC(NCC3CC3)CC2)c1C.Cl. The molecular weight excluding hydrogens is 370 g/mol. The number of carbonyl (C=O) groups is 1. The third kappa shape index (κ3) is 4.28. The van der Waals surface area contributed by atoms with Gasteiger partial charge in [-0.3, -0.25) is 4.79 Å². The summed E-state index contributed by atoms with van der Waals surface area (Å²) in [4.78, 5) is 15.2. The lowest BCUT2D eigenvalue weighted by molar-refractivity contribution is 0.0704. The Morgan fingerprint density at radius 2 is 1.75 bits per heavy atom. The van der Waals surface area contributed by atoms with Crippen molar-refractivity contribution >= 4 is 18.3 Å². The molecule has 1 saturated carbocycles. The third-order valence-electron chi connectivity index (χ3n) is 6.19. The Morgan fingerprint density at radius 3 is 2.39 bits per heavy atom. The van der Waals surface area contributed by atoms with Crippen molar-refractivity contribution in [3.05, 3.63) is 52.8 Å². The van der Waals surface area contributed by atoms with Crippen molar-refractivity contribution in [2.45, 2.75) is 52.5 Å². The Kier molecular flexibility index (Phi) is 6.51. The number of nitrogens with zero attached hydrogens (tertiary/aromatic N) is 2. The van der Waals surface area contributed by atoms with Crippen LogP contribution in [0.15, 0.2) is 30.3 Å². The number of benzene rings is 1. The molecule has 2 aromatic rings. The fourth-order valence-corrected chi connectivity index (χ4v) is 4.28. The Bertz CT molecular complexity index is 832.